The number of carbonyl (C=O) groups is 1. The van der Waals surface area contributed by atoms with Gasteiger partial charge in [-0.2, -0.15) is 0 Å². The Bertz CT molecular complexity index is 212. The average molecular weight is 237 g/mol. The van der Waals surface area contributed by atoms with Gasteiger partial charge in [0.1, 0.15) is 0 Å². The first-order chi connectivity index (χ1) is 5.15. The van der Waals surface area contributed by atoms with Crippen LogP contribution in [0.25, 0.3) is 0 Å². The Labute approximate surface area is 76.9 Å². The van der Waals surface area contributed by atoms with Gasteiger partial charge in [-0.05, 0) is 0 Å². The van der Waals surface area contributed by atoms with E-state index in [0.29, 0.717) is 19.1 Å². The molecule has 62 valence electrons. The van der Waals surface area contributed by atoms with Crippen molar-refractivity contribution in [2.75, 3.05) is 7.11 Å². The molecular weight excluding hydrogens is 227 g/mol. The molecule has 1 aliphatic heterocycles. The Kier molecular flexibility index (Phi) is 3.05. The first-order valence-corrected chi connectivity index (χ1v) is 6.00. The molecule has 2 nitrogen and oxygen atoms in total. The van der Waals surface area contributed by atoms with Gasteiger partial charge in [-0.15, -0.1) is 0 Å². The van der Waals surface area contributed by atoms with Crippen molar-refractivity contribution < 1.29 is 9.53 Å². The predicted octanol–water partition coefficient (Wildman–Crippen LogP) is 1.19. The minimum atomic E-state index is -0.168. The van der Waals surface area contributed by atoms with Gasteiger partial charge in [0.2, 0.25) is 0 Å². The van der Waals surface area contributed by atoms with Crippen LogP contribution in [0, 0.1) is 0 Å². The van der Waals surface area contributed by atoms with Crippen LogP contribution in [-0.2, 0) is 9.53 Å². The number of allylic oxidation sites excluding steroid dienone is 1. The standard InChI is InChI=1S/C7H10O2SSe/c1-4-6(7(8)9-3)10-5(2)11-4/h5H,1-3H3. The summed E-state index contributed by atoms with van der Waals surface area (Å²) in [5.74, 6) is -0.168. The van der Waals surface area contributed by atoms with Crippen LogP contribution in [0.2, 0.25) is 0 Å². The van der Waals surface area contributed by atoms with E-state index in [2.05, 4.69) is 11.7 Å². The third-order valence-corrected chi connectivity index (χ3v) is 5.62. The average Bonchev–Trinajstić information content (AvgIpc) is 2.28. The van der Waals surface area contributed by atoms with Crippen LogP contribution >= 0.6 is 11.8 Å². The van der Waals surface area contributed by atoms with Gasteiger partial charge < -0.3 is 0 Å². The molecule has 0 aromatic rings. The second-order valence-electron chi connectivity index (χ2n) is 2.18. The van der Waals surface area contributed by atoms with Gasteiger partial charge in [-0.25, -0.2) is 0 Å². The molecule has 1 aliphatic rings. The number of esters is 1. The summed E-state index contributed by atoms with van der Waals surface area (Å²) in [6.45, 7) is 4.16. The Hall–Kier alpha value is 0.0795. The van der Waals surface area contributed by atoms with Crippen LogP contribution in [0.1, 0.15) is 13.8 Å². The van der Waals surface area contributed by atoms with Crippen molar-refractivity contribution in [2.24, 2.45) is 0 Å². The fraction of sp³-hybridized carbons (Fsp3) is 0.571. The quantitative estimate of drug-likeness (QED) is 0.506. The van der Waals surface area contributed by atoms with Gasteiger partial charge in [-0.1, -0.05) is 0 Å². The number of thioether (sulfide) groups is 1. The van der Waals surface area contributed by atoms with Crippen LogP contribution in [-0.4, -0.2) is 32.2 Å². The number of hydrogen-bond donors (Lipinski definition) is 0. The number of methoxy groups -OCH3 is 1. The van der Waals surface area contributed by atoms with E-state index in [1.165, 1.54) is 11.6 Å². The van der Waals surface area contributed by atoms with E-state index in [0.717, 1.165) is 4.91 Å². The first kappa shape index (κ1) is 9.17. The number of hydrogen-bond acceptors (Lipinski definition) is 3. The Morgan fingerprint density at radius 1 is 1.73 bits per heavy atom. The van der Waals surface area contributed by atoms with Crippen molar-refractivity contribution in [1.29, 1.82) is 0 Å². The third-order valence-electron chi connectivity index (χ3n) is 1.32. The summed E-state index contributed by atoms with van der Waals surface area (Å²) in [7, 11) is 1.43. The summed E-state index contributed by atoms with van der Waals surface area (Å²) >= 11 is 2.12. The Morgan fingerprint density at radius 2 is 2.36 bits per heavy atom. The zero-order chi connectivity index (χ0) is 8.43. The zero-order valence-corrected chi connectivity index (χ0v) is 9.24. The molecule has 1 atom stereocenters. The maximum atomic E-state index is 11.1. The first-order valence-electron chi connectivity index (χ1n) is 3.27. The summed E-state index contributed by atoms with van der Waals surface area (Å²) in [5, 5.41) is 0. The van der Waals surface area contributed by atoms with Crippen LogP contribution in [0.5, 0.6) is 0 Å². The van der Waals surface area contributed by atoms with E-state index < -0.39 is 0 Å². The van der Waals surface area contributed by atoms with Crippen molar-refractivity contribution in [1.82, 2.24) is 0 Å². The molecule has 0 N–H and O–H groups in total. The molecule has 1 unspecified atom stereocenters. The van der Waals surface area contributed by atoms with E-state index >= 15 is 0 Å². The van der Waals surface area contributed by atoms with Gasteiger partial charge >= 0.3 is 76.7 Å². The van der Waals surface area contributed by atoms with Crippen molar-refractivity contribution in [2.45, 2.75) is 18.0 Å². The van der Waals surface area contributed by atoms with E-state index in [1.54, 1.807) is 11.8 Å². The van der Waals surface area contributed by atoms with Crippen molar-refractivity contribution in [3.63, 3.8) is 0 Å². The van der Waals surface area contributed by atoms with Crippen LogP contribution < -0.4 is 0 Å². The minimum absolute atomic E-state index is 0.168. The molecule has 0 spiro atoms. The summed E-state index contributed by atoms with van der Waals surface area (Å²) in [4.78, 5) is 11.9. The molecule has 0 bridgehead atoms. The normalized spacial score (nSPS) is 24.1. The van der Waals surface area contributed by atoms with Crippen molar-refractivity contribution in [3.8, 4) is 0 Å². The van der Waals surface area contributed by atoms with Crippen molar-refractivity contribution >= 4 is 32.7 Å². The van der Waals surface area contributed by atoms with Crippen LogP contribution in [0.4, 0.5) is 0 Å². The number of rotatable bonds is 1. The van der Waals surface area contributed by atoms with Crippen LogP contribution in [0.3, 0.4) is 0 Å². The number of ether oxygens (including phenoxy) is 1. The van der Waals surface area contributed by atoms with Crippen LogP contribution in [0.15, 0.2) is 9.38 Å². The molecule has 0 radical (unpaired) electrons. The van der Waals surface area contributed by atoms with E-state index in [1.807, 2.05) is 6.92 Å². The monoisotopic (exact) mass is 238 g/mol. The summed E-state index contributed by atoms with van der Waals surface area (Å²) < 4.78 is 6.46. The van der Waals surface area contributed by atoms with Gasteiger partial charge in [0.15, 0.2) is 0 Å². The molecule has 1 heterocycles. The Balaban J connectivity index is 2.72. The summed E-state index contributed by atoms with van der Waals surface area (Å²) in [6.07, 6.45) is 0. The molecule has 11 heavy (non-hydrogen) atoms. The fourth-order valence-corrected chi connectivity index (χ4v) is 5.24. The topological polar surface area (TPSA) is 26.3 Å². The summed E-state index contributed by atoms with van der Waals surface area (Å²) in [5.41, 5.74) is 0. The van der Waals surface area contributed by atoms with Gasteiger partial charge in [-0.3, -0.25) is 0 Å². The fourth-order valence-electron chi connectivity index (χ4n) is 0.860. The molecule has 0 aliphatic carbocycles. The second-order valence-corrected chi connectivity index (χ2v) is 7.47. The third kappa shape index (κ3) is 2.01. The van der Waals surface area contributed by atoms with Gasteiger partial charge in [0.05, 0.1) is 0 Å². The zero-order valence-electron chi connectivity index (χ0n) is 6.71. The van der Waals surface area contributed by atoms with Gasteiger partial charge in [0.25, 0.3) is 0 Å². The summed E-state index contributed by atoms with van der Waals surface area (Å²) in [6, 6.07) is 0. The predicted molar refractivity (Wildman–Crippen MR) is 47.5 cm³/mol. The Morgan fingerprint density at radius 3 is 2.73 bits per heavy atom. The van der Waals surface area contributed by atoms with E-state index in [4.69, 9.17) is 0 Å². The molecule has 0 saturated heterocycles. The number of carbonyl (C=O) groups excluding carboxylic acids is 1. The molecular formula is C7H10O2SSe. The van der Waals surface area contributed by atoms with E-state index in [9.17, 15) is 4.79 Å². The SMILES string of the molecule is COC(=O)C1=C(C)[Se]C(C)S1. The van der Waals surface area contributed by atoms with E-state index in [-0.39, 0.29) is 5.97 Å². The molecule has 4 heteroatoms. The molecule has 0 saturated carbocycles. The molecule has 0 aromatic carbocycles. The maximum absolute atomic E-state index is 11.1. The molecule has 1 rings (SSSR count). The molecule has 0 fully saturated rings. The molecule has 0 aromatic heterocycles. The second kappa shape index (κ2) is 3.65. The van der Waals surface area contributed by atoms with Crippen molar-refractivity contribution in [3.05, 3.63) is 9.38 Å². The molecule has 0 amide bonds. The van der Waals surface area contributed by atoms with Gasteiger partial charge in [0, 0.05) is 0 Å².